The Kier molecular flexibility index (Phi) is 9.44. The van der Waals surface area contributed by atoms with E-state index in [2.05, 4.69) is 30.7 Å². The standard InChI is InChI=1S/C25H34N4O4S/c1-6-9-10-14-32-19-12-11-18(16-20(19)31-5)22-21(23(30)33-13-7-2)17(4)26-24-27-25(28-29(22)24)34-15-8-3/h7,11-12,16,22H,2,6,8-10,13-15H2,1,3-5H3,(H,26,27,28). The molecule has 1 aliphatic heterocycles. The molecule has 0 saturated carbocycles. The van der Waals surface area contributed by atoms with E-state index in [0.717, 1.165) is 37.0 Å². The third-order valence-corrected chi connectivity index (χ3v) is 6.37. The van der Waals surface area contributed by atoms with Gasteiger partial charge in [0.15, 0.2) is 11.5 Å². The molecule has 1 unspecified atom stereocenters. The number of esters is 1. The van der Waals surface area contributed by atoms with Crippen LogP contribution in [0.3, 0.4) is 0 Å². The van der Waals surface area contributed by atoms with E-state index in [1.807, 2.05) is 25.1 Å². The number of unbranched alkanes of at least 4 members (excludes halogenated alkanes) is 2. The van der Waals surface area contributed by atoms with E-state index in [9.17, 15) is 4.79 Å². The summed E-state index contributed by atoms with van der Waals surface area (Å²) in [5.41, 5.74) is 1.96. The molecule has 9 heteroatoms. The fourth-order valence-corrected chi connectivity index (χ4v) is 4.36. The number of ether oxygens (including phenoxy) is 3. The molecule has 1 aliphatic rings. The van der Waals surface area contributed by atoms with Crippen molar-refractivity contribution in [1.29, 1.82) is 0 Å². The van der Waals surface area contributed by atoms with Crippen molar-refractivity contribution < 1.29 is 19.0 Å². The van der Waals surface area contributed by atoms with E-state index in [1.54, 1.807) is 29.6 Å². The number of allylic oxidation sites excluding steroid dienone is 1. The minimum Gasteiger partial charge on any atom is -0.493 e. The highest BCUT2D eigenvalue weighted by atomic mass is 32.2. The second kappa shape index (κ2) is 12.5. The Labute approximate surface area is 205 Å². The van der Waals surface area contributed by atoms with Crippen LogP contribution < -0.4 is 14.8 Å². The zero-order valence-electron chi connectivity index (χ0n) is 20.4. The van der Waals surface area contributed by atoms with Gasteiger partial charge in [-0.05, 0) is 37.5 Å². The highest BCUT2D eigenvalue weighted by Gasteiger charge is 2.35. The zero-order chi connectivity index (χ0) is 24.5. The number of aromatic nitrogens is 3. The van der Waals surface area contributed by atoms with Crippen LogP contribution in [0.4, 0.5) is 5.95 Å². The SMILES string of the molecule is C=CCOC(=O)C1=C(C)Nc2nc(SCCC)nn2C1c1ccc(OCCCCC)c(OC)c1. The number of rotatable bonds is 13. The van der Waals surface area contributed by atoms with E-state index in [1.165, 1.54) is 0 Å². The molecular formula is C25H34N4O4S. The molecule has 34 heavy (non-hydrogen) atoms. The van der Waals surface area contributed by atoms with Crippen molar-refractivity contribution in [3.8, 4) is 11.5 Å². The van der Waals surface area contributed by atoms with Gasteiger partial charge in [-0.25, -0.2) is 9.48 Å². The monoisotopic (exact) mass is 486 g/mol. The number of hydrogen-bond donors (Lipinski definition) is 1. The first-order valence-electron chi connectivity index (χ1n) is 11.7. The van der Waals surface area contributed by atoms with Crippen LogP contribution in [-0.2, 0) is 9.53 Å². The normalized spacial score (nSPS) is 14.9. The van der Waals surface area contributed by atoms with Gasteiger partial charge in [-0.3, -0.25) is 0 Å². The molecule has 0 fully saturated rings. The predicted molar refractivity (Wildman–Crippen MR) is 135 cm³/mol. The molecule has 2 aromatic rings. The molecule has 8 nitrogen and oxygen atoms in total. The van der Waals surface area contributed by atoms with E-state index in [4.69, 9.17) is 19.3 Å². The smallest absolute Gasteiger partial charge is 0.338 e. The fraction of sp³-hybridized carbons (Fsp3) is 0.480. The molecule has 0 saturated heterocycles. The van der Waals surface area contributed by atoms with Crippen LogP contribution in [0.5, 0.6) is 11.5 Å². The first kappa shape index (κ1) is 25.7. The van der Waals surface area contributed by atoms with Gasteiger partial charge in [0.05, 0.1) is 19.3 Å². The van der Waals surface area contributed by atoms with E-state index < -0.39 is 12.0 Å². The molecule has 0 amide bonds. The highest BCUT2D eigenvalue weighted by molar-refractivity contribution is 7.99. The first-order valence-corrected chi connectivity index (χ1v) is 12.7. The topological polar surface area (TPSA) is 87.5 Å². The van der Waals surface area contributed by atoms with Crippen molar-refractivity contribution in [3.05, 3.63) is 47.7 Å². The average Bonchev–Trinajstić information content (AvgIpc) is 3.25. The lowest BCUT2D eigenvalue weighted by Crippen LogP contribution is -2.29. The van der Waals surface area contributed by atoms with Gasteiger partial charge in [0, 0.05) is 11.4 Å². The number of hydrogen-bond acceptors (Lipinski definition) is 8. The Balaban J connectivity index is 2.01. The molecule has 0 bridgehead atoms. The van der Waals surface area contributed by atoms with E-state index >= 15 is 0 Å². The summed E-state index contributed by atoms with van der Waals surface area (Å²) in [6.45, 7) is 10.5. The highest BCUT2D eigenvalue weighted by Crippen LogP contribution is 2.39. The predicted octanol–water partition coefficient (Wildman–Crippen LogP) is 5.38. The second-order valence-corrected chi connectivity index (χ2v) is 8.99. The van der Waals surface area contributed by atoms with Gasteiger partial charge in [-0.15, -0.1) is 5.10 Å². The van der Waals surface area contributed by atoms with Gasteiger partial charge >= 0.3 is 5.97 Å². The Morgan fingerprint density at radius 2 is 2.09 bits per heavy atom. The summed E-state index contributed by atoms with van der Waals surface area (Å²) in [5.74, 6) is 2.34. The molecule has 1 N–H and O–H groups in total. The number of nitrogens with zero attached hydrogens (tertiary/aromatic N) is 3. The number of fused-ring (bicyclic) bond motifs is 1. The van der Waals surface area contributed by atoms with Crippen LogP contribution in [0.1, 0.15) is 58.1 Å². The number of thioether (sulfide) groups is 1. The Morgan fingerprint density at radius 3 is 2.79 bits per heavy atom. The maximum absolute atomic E-state index is 13.1. The summed E-state index contributed by atoms with van der Waals surface area (Å²) in [4.78, 5) is 17.7. The lowest BCUT2D eigenvalue weighted by atomic mass is 9.95. The van der Waals surface area contributed by atoms with Crippen LogP contribution in [0.15, 0.2) is 47.3 Å². The summed E-state index contributed by atoms with van der Waals surface area (Å²) in [6, 6.07) is 5.18. The lowest BCUT2D eigenvalue weighted by Gasteiger charge is -2.28. The quantitative estimate of drug-likeness (QED) is 0.175. The van der Waals surface area contributed by atoms with Gasteiger partial charge in [0.2, 0.25) is 11.1 Å². The third-order valence-electron chi connectivity index (χ3n) is 5.33. The number of nitrogens with one attached hydrogen (secondary N) is 1. The Hall–Kier alpha value is -2.94. The lowest BCUT2D eigenvalue weighted by molar-refractivity contribution is -0.138. The summed E-state index contributed by atoms with van der Waals surface area (Å²) >= 11 is 1.58. The minimum absolute atomic E-state index is 0.123. The molecule has 2 heterocycles. The first-order chi connectivity index (χ1) is 16.5. The van der Waals surface area contributed by atoms with Gasteiger partial charge in [0.1, 0.15) is 12.6 Å². The molecule has 0 radical (unpaired) electrons. The van der Waals surface area contributed by atoms with Crippen LogP contribution >= 0.6 is 11.8 Å². The number of carbonyl (C=O) groups excluding carboxylic acids is 1. The number of anilines is 1. The second-order valence-electron chi connectivity index (χ2n) is 7.93. The average molecular weight is 487 g/mol. The van der Waals surface area contributed by atoms with Crippen molar-refractivity contribution in [3.63, 3.8) is 0 Å². The molecule has 3 rings (SSSR count). The van der Waals surface area contributed by atoms with Gasteiger partial charge in [-0.2, -0.15) is 4.98 Å². The Morgan fingerprint density at radius 1 is 1.26 bits per heavy atom. The van der Waals surface area contributed by atoms with E-state index in [-0.39, 0.29) is 6.61 Å². The van der Waals surface area contributed by atoms with Crippen LogP contribution in [0.2, 0.25) is 0 Å². The number of methoxy groups -OCH3 is 1. The Bertz CT molecular complexity index is 1030. The molecule has 1 aromatic carbocycles. The molecule has 184 valence electrons. The largest absolute Gasteiger partial charge is 0.493 e. The fourth-order valence-electron chi connectivity index (χ4n) is 3.68. The van der Waals surface area contributed by atoms with Crippen molar-refractivity contribution in [2.75, 3.05) is 31.4 Å². The van der Waals surface area contributed by atoms with Crippen LogP contribution in [0, 0.1) is 0 Å². The summed E-state index contributed by atoms with van der Waals surface area (Å²) in [6.07, 6.45) is 5.79. The van der Waals surface area contributed by atoms with Gasteiger partial charge < -0.3 is 19.5 Å². The van der Waals surface area contributed by atoms with E-state index in [0.29, 0.717) is 40.5 Å². The molecule has 0 aliphatic carbocycles. The maximum Gasteiger partial charge on any atom is 0.338 e. The summed E-state index contributed by atoms with van der Waals surface area (Å²) in [7, 11) is 1.61. The van der Waals surface area contributed by atoms with Crippen molar-refractivity contribution in [2.24, 2.45) is 0 Å². The van der Waals surface area contributed by atoms with Gasteiger partial charge in [0.25, 0.3) is 0 Å². The van der Waals surface area contributed by atoms with Crippen molar-refractivity contribution >= 4 is 23.7 Å². The zero-order valence-corrected chi connectivity index (χ0v) is 21.2. The maximum atomic E-state index is 13.1. The number of carbonyl (C=O) groups is 1. The van der Waals surface area contributed by atoms with Crippen molar-refractivity contribution in [1.82, 2.24) is 14.8 Å². The molecule has 1 aromatic heterocycles. The summed E-state index contributed by atoms with van der Waals surface area (Å²) in [5, 5.41) is 8.59. The molecule has 1 atom stereocenters. The molecule has 0 spiro atoms. The molecular weight excluding hydrogens is 452 g/mol. The summed E-state index contributed by atoms with van der Waals surface area (Å²) < 4.78 is 18.7. The minimum atomic E-state index is -0.528. The van der Waals surface area contributed by atoms with Gasteiger partial charge in [-0.1, -0.05) is 57.2 Å². The third kappa shape index (κ3) is 5.94. The van der Waals surface area contributed by atoms with Crippen molar-refractivity contribution in [2.45, 2.75) is 57.7 Å². The van der Waals surface area contributed by atoms with Crippen LogP contribution in [0.25, 0.3) is 0 Å². The number of benzene rings is 1. The van der Waals surface area contributed by atoms with Crippen LogP contribution in [-0.4, -0.2) is 46.8 Å².